The van der Waals surface area contributed by atoms with Crippen LogP contribution in [0.3, 0.4) is 0 Å². The lowest BCUT2D eigenvalue weighted by atomic mass is 10.1. The molecule has 0 amide bonds. The first kappa shape index (κ1) is 19.5. The predicted molar refractivity (Wildman–Crippen MR) is 112 cm³/mol. The zero-order valence-electron chi connectivity index (χ0n) is 16.3. The van der Waals surface area contributed by atoms with Gasteiger partial charge in [0, 0.05) is 18.3 Å². The van der Waals surface area contributed by atoms with Crippen molar-refractivity contribution < 1.29 is 4.39 Å². The quantitative estimate of drug-likeness (QED) is 0.495. The van der Waals surface area contributed by atoms with Gasteiger partial charge in [-0.1, -0.05) is 17.7 Å². The first-order chi connectivity index (χ1) is 15.1. The summed E-state index contributed by atoms with van der Waals surface area (Å²) < 4.78 is 17.7. The van der Waals surface area contributed by atoms with E-state index in [1.54, 1.807) is 18.5 Å². The monoisotopic (exact) mass is 440 g/mol. The maximum absolute atomic E-state index is 14.6. The van der Waals surface area contributed by atoms with E-state index in [0.717, 1.165) is 31.5 Å². The summed E-state index contributed by atoms with van der Waals surface area (Å²) in [7, 11) is 0. The number of nitrogens with two attached hydrogens (primary N) is 1. The topological polar surface area (TPSA) is 125 Å². The molecule has 1 atom stereocenters. The van der Waals surface area contributed by atoms with E-state index in [2.05, 4.69) is 35.9 Å². The third kappa shape index (κ3) is 3.62. The molecule has 0 spiro atoms. The van der Waals surface area contributed by atoms with Gasteiger partial charge >= 0.3 is 0 Å². The molecule has 0 bridgehead atoms. The summed E-state index contributed by atoms with van der Waals surface area (Å²) in [6, 6.07) is 4.85. The van der Waals surface area contributed by atoms with E-state index >= 15 is 0 Å². The van der Waals surface area contributed by atoms with Crippen molar-refractivity contribution in [2.75, 3.05) is 18.8 Å². The van der Waals surface area contributed by atoms with Gasteiger partial charge in [0.05, 0.1) is 29.2 Å². The first-order valence-electron chi connectivity index (χ1n) is 9.72. The van der Waals surface area contributed by atoms with Gasteiger partial charge in [-0.05, 0) is 41.9 Å². The molecule has 31 heavy (non-hydrogen) atoms. The van der Waals surface area contributed by atoms with Gasteiger partial charge in [0.25, 0.3) is 0 Å². The molecule has 0 aliphatic carbocycles. The number of nitrogens with zero attached hydrogens (tertiary/aromatic N) is 8. The van der Waals surface area contributed by atoms with Crippen molar-refractivity contribution in [3.63, 3.8) is 0 Å². The highest BCUT2D eigenvalue weighted by Gasteiger charge is 2.21. The molecular weight excluding hydrogens is 423 g/mol. The van der Waals surface area contributed by atoms with Crippen molar-refractivity contribution in [1.29, 1.82) is 0 Å². The fourth-order valence-electron chi connectivity index (χ4n) is 3.58. The van der Waals surface area contributed by atoms with Crippen LogP contribution in [0, 0.1) is 5.82 Å². The predicted octanol–water partition coefficient (Wildman–Crippen LogP) is 2.28. The summed E-state index contributed by atoms with van der Waals surface area (Å²) >= 11 is 5.91. The number of benzene rings is 1. The largest absolute Gasteiger partial charge is 0.382 e. The maximum atomic E-state index is 14.6. The van der Waals surface area contributed by atoms with Gasteiger partial charge in [0.2, 0.25) is 5.82 Å². The van der Waals surface area contributed by atoms with Gasteiger partial charge in [0.15, 0.2) is 17.3 Å². The summed E-state index contributed by atoms with van der Waals surface area (Å²) in [5.74, 6) is -0.384. The van der Waals surface area contributed by atoms with Crippen molar-refractivity contribution in [3.05, 3.63) is 47.6 Å². The molecule has 10 nitrogen and oxygen atoms in total. The van der Waals surface area contributed by atoms with Gasteiger partial charge in [-0.25, -0.2) is 14.4 Å². The number of hydrogen-bond acceptors (Lipinski definition) is 8. The molecule has 1 fully saturated rings. The fraction of sp³-hybridized carbons (Fsp3) is 0.263. The summed E-state index contributed by atoms with van der Waals surface area (Å²) in [5, 5.41) is 19.4. The summed E-state index contributed by atoms with van der Waals surface area (Å²) in [6.07, 6.45) is 7.40. The highest BCUT2D eigenvalue weighted by Crippen LogP contribution is 2.28. The first-order valence-corrected chi connectivity index (χ1v) is 10.1. The van der Waals surface area contributed by atoms with Gasteiger partial charge in [-0.15, -0.1) is 5.10 Å². The van der Waals surface area contributed by atoms with Gasteiger partial charge < -0.3 is 11.1 Å². The summed E-state index contributed by atoms with van der Waals surface area (Å²) in [4.78, 5) is 8.85. The number of piperidine rings is 1. The number of nitrogen functional groups attached to an aromatic ring is 1. The third-order valence-corrected chi connectivity index (χ3v) is 5.48. The van der Waals surface area contributed by atoms with Crippen LogP contribution in [0.25, 0.3) is 28.5 Å². The molecule has 1 aliphatic rings. The smallest absolute Gasteiger partial charge is 0.209 e. The molecule has 1 saturated heterocycles. The molecule has 0 radical (unpaired) electrons. The molecule has 4 aromatic rings. The number of hydrogen-bond donors (Lipinski definition) is 2. The third-order valence-electron chi connectivity index (χ3n) is 5.18. The van der Waals surface area contributed by atoms with Crippen LogP contribution in [0.5, 0.6) is 0 Å². The summed E-state index contributed by atoms with van der Waals surface area (Å²) in [5.41, 5.74) is 7.72. The van der Waals surface area contributed by atoms with E-state index in [1.165, 1.54) is 16.8 Å². The van der Waals surface area contributed by atoms with Crippen LogP contribution in [-0.4, -0.2) is 53.0 Å². The Morgan fingerprint density at radius 1 is 1.26 bits per heavy atom. The minimum atomic E-state index is -0.650. The number of anilines is 1. The van der Waals surface area contributed by atoms with Crippen LogP contribution in [0.4, 0.5) is 10.2 Å². The van der Waals surface area contributed by atoms with E-state index in [0.29, 0.717) is 11.7 Å². The van der Waals surface area contributed by atoms with Crippen LogP contribution in [0.1, 0.15) is 18.9 Å². The van der Waals surface area contributed by atoms with Crippen molar-refractivity contribution in [3.8, 4) is 28.5 Å². The number of rotatable bonds is 4. The molecule has 12 heteroatoms. The van der Waals surface area contributed by atoms with E-state index < -0.39 is 5.82 Å². The van der Waals surface area contributed by atoms with Crippen molar-refractivity contribution in [2.45, 2.75) is 18.9 Å². The Morgan fingerprint density at radius 2 is 2.16 bits per heavy atom. The Kier molecular flexibility index (Phi) is 5.04. The average Bonchev–Trinajstić information content (AvgIpc) is 3.47. The standard InChI is InChI=1S/C19H18ClFN10/c20-13-4-1-5-15(16(13)21)31-19(27-28-29-31)17-18(22)24-9-14(26-17)11-7-25-30(10-11)12-3-2-6-23-8-12/h1,4-5,7,9-10,12,23H,2-3,6,8H2,(H2,22,24)/t12-/m0/s1. The SMILES string of the molecule is Nc1ncc(-c2cnn([C@H]3CCCNC3)c2)nc1-c1nnnn1-c1cccc(Cl)c1F. The highest BCUT2D eigenvalue weighted by atomic mass is 35.5. The highest BCUT2D eigenvalue weighted by molar-refractivity contribution is 6.30. The van der Waals surface area contributed by atoms with E-state index in [1.807, 2.05) is 10.9 Å². The molecule has 0 saturated carbocycles. The van der Waals surface area contributed by atoms with Crippen LogP contribution in [-0.2, 0) is 0 Å². The second-order valence-corrected chi connectivity index (χ2v) is 7.59. The Hall–Kier alpha value is -3.44. The van der Waals surface area contributed by atoms with Crippen LogP contribution < -0.4 is 11.1 Å². The zero-order chi connectivity index (χ0) is 21.4. The van der Waals surface area contributed by atoms with Gasteiger partial charge in [-0.2, -0.15) is 9.78 Å². The average molecular weight is 441 g/mol. The Bertz CT molecular complexity index is 1230. The van der Waals surface area contributed by atoms with Crippen molar-refractivity contribution >= 4 is 17.4 Å². The molecule has 3 N–H and O–H groups in total. The minimum Gasteiger partial charge on any atom is -0.382 e. The molecule has 0 unspecified atom stereocenters. The number of aromatic nitrogens is 8. The summed E-state index contributed by atoms with van der Waals surface area (Å²) in [6.45, 7) is 1.90. The van der Waals surface area contributed by atoms with Crippen LogP contribution in [0.2, 0.25) is 5.02 Å². The van der Waals surface area contributed by atoms with E-state index in [9.17, 15) is 4.39 Å². The van der Waals surface area contributed by atoms with Gasteiger partial charge in [-0.3, -0.25) is 4.68 Å². The molecule has 5 rings (SSSR count). The van der Waals surface area contributed by atoms with Crippen LogP contribution in [0.15, 0.2) is 36.8 Å². The molecule has 1 aliphatic heterocycles. The molecule has 3 aromatic heterocycles. The number of tetrazole rings is 1. The van der Waals surface area contributed by atoms with E-state index in [-0.39, 0.29) is 28.0 Å². The lowest BCUT2D eigenvalue weighted by Gasteiger charge is -2.22. The molecule has 4 heterocycles. The lowest BCUT2D eigenvalue weighted by Crippen LogP contribution is -2.31. The minimum absolute atomic E-state index is 0.0450. The Balaban J connectivity index is 1.53. The lowest BCUT2D eigenvalue weighted by molar-refractivity contribution is 0.347. The molecular formula is C19H18ClFN10. The Morgan fingerprint density at radius 3 is 3.00 bits per heavy atom. The van der Waals surface area contributed by atoms with Crippen molar-refractivity contribution in [2.24, 2.45) is 0 Å². The molecule has 158 valence electrons. The number of halogens is 2. The fourth-order valence-corrected chi connectivity index (χ4v) is 3.75. The maximum Gasteiger partial charge on any atom is 0.209 e. The van der Waals surface area contributed by atoms with Gasteiger partial charge in [0.1, 0.15) is 5.69 Å². The normalized spacial score (nSPS) is 16.5. The van der Waals surface area contributed by atoms with E-state index in [4.69, 9.17) is 17.3 Å². The molecule has 1 aromatic carbocycles. The number of nitrogens with one attached hydrogen (secondary N) is 1. The second kappa shape index (κ2) is 8.00. The zero-order valence-corrected chi connectivity index (χ0v) is 17.0. The second-order valence-electron chi connectivity index (χ2n) is 7.19. The van der Waals surface area contributed by atoms with Crippen LogP contribution >= 0.6 is 11.6 Å². The van der Waals surface area contributed by atoms with Crippen molar-refractivity contribution in [1.82, 2.24) is 45.3 Å². The Labute approximate surface area is 181 Å².